The first kappa shape index (κ1) is 21.7. The van der Waals surface area contributed by atoms with Crippen LogP contribution in [0, 0.1) is 12.3 Å². The Morgan fingerprint density at radius 2 is 1.52 bits per heavy atom. The van der Waals surface area contributed by atoms with Crippen LogP contribution in [0.4, 0.5) is 0 Å². The van der Waals surface area contributed by atoms with E-state index in [9.17, 15) is 14.4 Å². The molecule has 29 heavy (non-hydrogen) atoms. The molecule has 0 aromatic heterocycles. The number of unbranched alkanes of at least 4 members (excludes halogenated alkanes) is 1. The van der Waals surface area contributed by atoms with Crippen molar-refractivity contribution in [1.29, 1.82) is 0 Å². The minimum Gasteiger partial charge on any atom is -0.462 e. The molecule has 0 aliphatic rings. The predicted molar refractivity (Wildman–Crippen MR) is 108 cm³/mol. The van der Waals surface area contributed by atoms with E-state index in [0.29, 0.717) is 23.3 Å². The maximum absolute atomic E-state index is 12.2. The van der Waals surface area contributed by atoms with Crippen molar-refractivity contribution >= 4 is 17.9 Å². The summed E-state index contributed by atoms with van der Waals surface area (Å²) in [5, 5.41) is 0. The maximum Gasteiger partial charge on any atom is 0.338 e. The van der Waals surface area contributed by atoms with Crippen molar-refractivity contribution in [2.45, 2.75) is 33.6 Å². The molecule has 6 nitrogen and oxygen atoms in total. The van der Waals surface area contributed by atoms with Gasteiger partial charge in [0.05, 0.1) is 12.2 Å². The summed E-state index contributed by atoms with van der Waals surface area (Å²) in [6, 6.07) is 9.47. The van der Waals surface area contributed by atoms with Crippen LogP contribution in [0.25, 0.3) is 11.1 Å². The Kier molecular flexibility index (Phi) is 7.55. The molecule has 150 valence electrons. The van der Waals surface area contributed by atoms with E-state index < -0.39 is 17.9 Å². The number of ether oxygens (including phenoxy) is 3. The summed E-state index contributed by atoms with van der Waals surface area (Å²) in [6.45, 7) is 4.83. The summed E-state index contributed by atoms with van der Waals surface area (Å²) in [6.07, 6.45) is 7.08. The monoisotopic (exact) mass is 394 g/mol. The van der Waals surface area contributed by atoms with Crippen LogP contribution in [0.1, 0.15) is 49.5 Å². The molecule has 0 unspecified atom stereocenters. The zero-order valence-electron chi connectivity index (χ0n) is 16.6. The second-order valence-electron chi connectivity index (χ2n) is 6.24. The van der Waals surface area contributed by atoms with Gasteiger partial charge in [0.25, 0.3) is 0 Å². The molecular formula is C23H22O6. The number of hydrogen-bond donors (Lipinski definition) is 0. The van der Waals surface area contributed by atoms with Gasteiger partial charge in [-0.15, -0.1) is 6.42 Å². The van der Waals surface area contributed by atoms with Gasteiger partial charge in [-0.1, -0.05) is 19.3 Å². The number of hydrogen-bond acceptors (Lipinski definition) is 6. The molecule has 0 saturated carbocycles. The summed E-state index contributed by atoms with van der Waals surface area (Å²) < 4.78 is 15.8. The van der Waals surface area contributed by atoms with Crippen LogP contribution in [0.3, 0.4) is 0 Å². The second-order valence-corrected chi connectivity index (χ2v) is 6.24. The van der Waals surface area contributed by atoms with Crippen LogP contribution >= 0.6 is 0 Å². The minimum atomic E-state index is -0.558. The molecule has 0 N–H and O–H groups in total. The Balaban J connectivity index is 2.52. The third kappa shape index (κ3) is 5.94. The van der Waals surface area contributed by atoms with Gasteiger partial charge < -0.3 is 14.2 Å². The lowest BCUT2D eigenvalue weighted by atomic mass is 10.00. The van der Waals surface area contributed by atoms with Gasteiger partial charge >= 0.3 is 17.9 Å². The number of carbonyl (C=O) groups is 3. The van der Waals surface area contributed by atoms with Crippen LogP contribution in [0.15, 0.2) is 36.4 Å². The van der Waals surface area contributed by atoms with Crippen molar-refractivity contribution < 1.29 is 28.6 Å². The number of benzene rings is 2. The average molecular weight is 394 g/mol. The van der Waals surface area contributed by atoms with Gasteiger partial charge in [0, 0.05) is 30.5 Å². The molecule has 6 heteroatoms. The van der Waals surface area contributed by atoms with Gasteiger partial charge in [0.15, 0.2) is 0 Å². The van der Waals surface area contributed by atoms with Crippen LogP contribution in [-0.2, 0) is 14.3 Å². The van der Waals surface area contributed by atoms with Gasteiger partial charge in [0.2, 0.25) is 0 Å². The van der Waals surface area contributed by atoms with E-state index in [1.54, 1.807) is 30.3 Å². The van der Waals surface area contributed by atoms with Crippen molar-refractivity contribution in [3.05, 3.63) is 47.5 Å². The fraction of sp³-hybridized carbons (Fsp3) is 0.261. The average Bonchev–Trinajstić information content (AvgIpc) is 2.67. The first-order chi connectivity index (χ1) is 13.8. The fourth-order valence-electron chi connectivity index (χ4n) is 2.58. The summed E-state index contributed by atoms with van der Waals surface area (Å²) in [5.74, 6) is 1.25. The molecule has 0 aliphatic heterocycles. The van der Waals surface area contributed by atoms with E-state index in [2.05, 4.69) is 5.92 Å². The lowest BCUT2D eigenvalue weighted by molar-refractivity contribution is -0.132. The van der Waals surface area contributed by atoms with E-state index in [1.165, 1.54) is 19.9 Å². The minimum absolute atomic E-state index is 0.143. The first-order valence-electron chi connectivity index (χ1n) is 9.14. The normalized spacial score (nSPS) is 10.0. The molecule has 0 fully saturated rings. The first-order valence-corrected chi connectivity index (χ1v) is 9.14. The van der Waals surface area contributed by atoms with E-state index in [4.69, 9.17) is 20.6 Å². The molecule has 0 amide bonds. The Labute approximate surface area is 169 Å². The summed E-state index contributed by atoms with van der Waals surface area (Å²) in [7, 11) is 0. The topological polar surface area (TPSA) is 78.9 Å². The standard InChI is InChI=1S/C23H22O6/c1-5-7-12-27-23(26)18-9-11-20(22(14-18)29-16(4)25)19-10-8-17(6-2)13-21(19)28-15(3)24/h2,8-11,13-14H,5,7,12H2,1,3-4H3. The molecule has 0 atom stereocenters. The molecule has 0 radical (unpaired) electrons. The summed E-state index contributed by atoms with van der Waals surface area (Å²) in [4.78, 5) is 35.4. The molecule has 0 heterocycles. The molecule has 0 spiro atoms. The predicted octanol–water partition coefficient (Wildman–Crippen LogP) is 4.14. The van der Waals surface area contributed by atoms with Gasteiger partial charge in [-0.05, 0) is 42.8 Å². The van der Waals surface area contributed by atoms with Crippen LogP contribution in [0.2, 0.25) is 0 Å². The van der Waals surface area contributed by atoms with Crippen molar-refractivity contribution in [2.24, 2.45) is 0 Å². The van der Waals surface area contributed by atoms with E-state index in [-0.39, 0.29) is 17.1 Å². The van der Waals surface area contributed by atoms with Gasteiger partial charge in [-0.2, -0.15) is 0 Å². The summed E-state index contributed by atoms with van der Waals surface area (Å²) >= 11 is 0. The Hall–Kier alpha value is -3.59. The highest BCUT2D eigenvalue weighted by Gasteiger charge is 2.18. The lowest BCUT2D eigenvalue weighted by Gasteiger charge is -2.14. The number of rotatable bonds is 7. The van der Waals surface area contributed by atoms with Crippen molar-refractivity contribution in [3.8, 4) is 35.0 Å². The van der Waals surface area contributed by atoms with Crippen LogP contribution in [0.5, 0.6) is 11.5 Å². The molecular weight excluding hydrogens is 372 g/mol. The lowest BCUT2D eigenvalue weighted by Crippen LogP contribution is -2.09. The van der Waals surface area contributed by atoms with E-state index >= 15 is 0 Å². The van der Waals surface area contributed by atoms with Gasteiger partial charge in [-0.25, -0.2) is 4.79 Å². The number of terminal acetylenes is 1. The van der Waals surface area contributed by atoms with Gasteiger partial charge in [0.1, 0.15) is 11.5 Å². The van der Waals surface area contributed by atoms with Gasteiger partial charge in [-0.3, -0.25) is 9.59 Å². The quantitative estimate of drug-likeness (QED) is 0.304. The Morgan fingerprint density at radius 3 is 2.07 bits per heavy atom. The van der Waals surface area contributed by atoms with Crippen LogP contribution in [-0.4, -0.2) is 24.5 Å². The highest BCUT2D eigenvalue weighted by Crippen LogP contribution is 2.38. The third-order valence-electron chi connectivity index (χ3n) is 3.89. The largest absolute Gasteiger partial charge is 0.462 e. The Bertz CT molecular complexity index is 968. The number of esters is 3. The smallest absolute Gasteiger partial charge is 0.338 e. The maximum atomic E-state index is 12.2. The zero-order chi connectivity index (χ0) is 21.4. The molecule has 0 saturated heterocycles. The Morgan fingerprint density at radius 1 is 0.931 bits per heavy atom. The zero-order valence-corrected chi connectivity index (χ0v) is 16.6. The molecule has 0 aliphatic carbocycles. The highest BCUT2D eigenvalue weighted by molar-refractivity contribution is 5.92. The number of carbonyl (C=O) groups excluding carboxylic acids is 3. The second kappa shape index (κ2) is 10.1. The van der Waals surface area contributed by atoms with E-state index in [0.717, 1.165) is 12.8 Å². The molecule has 0 bridgehead atoms. The fourth-order valence-corrected chi connectivity index (χ4v) is 2.58. The molecule has 2 rings (SSSR count). The highest BCUT2D eigenvalue weighted by atomic mass is 16.5. The third-order valence-corrected chi connectivity index (χ3v) is 3.89. The van der Waals surface area contributed by atoms with Crippen molar-refractivity contribution in [2.75, 3.05) is 6.61 Å². The van der Waals surface area contributed by atoms with Crippen molar-refractivity contribution in [3.63, 3.8) is 0 Å². The molecule has 2 aromatic carbocycles. The summed E-state index contributed by atoms with van der Waals surface area (Å²) in [5.41, 5.74) is 1.72. The SMILES string of the molecule is C#Cc1ccc(-c2ccc(C(=O)OCCCC)cc2OC(C)=O)c(OC(C)=O)c1. The van der Waals surface area contributed by atoms with E-state index in [1.807, 2.05) is 6.92 Å². The van der Waals surface area contributed by atoms with Crippen LogP contribution < -0.4 is 9.47 Å². The molecule has 2 aromatic rings. The van der Waals surface area contributed by atoms with Crippen molar-refractivity contribution in [1.82, 2.24) is 0 Å².